The van der Waals surface area contributed by atoms with Gasteiger partial charge in [0.25, 0.3) is 5.91 Å². The third-order valence-electron chi connectivity index (χ3n) is 4.57. The van der Waals surface area contributed by atoms with Crippen molar-refractivity contribution in [1.29, 1.82) is 0 Å². The Kier molecular flexibility index (Phi) is 4.81. The summed E-state index contributed by atoms with van der Waals surface area (Å²) in [6, 6.07) is 20.8. The number of rotatable bonds is 5. The minimum atomic E-state index is -0.154. The van der Waals surface area contributed by atoms with Gasteiger partial charge in [0, 0.05) is 11.9 Å². The summed E-state index contributed by atoms with van der Waals surface area (Å²) in [5, 5.41) is 3.80. The first-order valence-electron chi connectivity index (χ1n) is 9.02. The molecule has 0 aliphatic heterocycles. The number of carbonyl (C=O) groups is 1. The molecule has 0 saturated carbocycles. The molecule has 1 amide bonds. The summed E-state index contributed by atoms with van der Waals surface area (Å²) in [4.78, 5) is 17.6. The lowest BCUT2D eigenvalue weighted by Crippen LogP contribution is -2.23. The number of benzene rings is 2. The van der Waals surface area contributed by atoms with E-state index in [4.69, 9.17) is 9.15 Å². The Labute approximate surface area is 163 Å². The molecule has 0 radical (unpaired) electrons. The van der Waals surface area contributed by atoms with Crippen molar-refractivity contribution in [1.82, 2.24) is 10.3 Å². The molecule has 140 valence electrons. The van der Waals surface area contributed by atoms with Gasteiger partial charge in [0.05, 0.1) is 18.2 Å². The van der Waals surface area contributed by atoms with Crippen molar-refractivity contribution in [2.45, 2.75) is 13.5 Å². The molecule has 2 aromatic carbocycles. The zero-order chi connectivity index (χ0) is 19.5. The van der Waals surface area contributed by atoms with Gasteiger partial charge in [-0.15, -0.1) is 0 Å². The summed E-state index contributed by atoms with van der Waals surface area (Å²) >= 11 is 0. The van der Waals surface area contributed by atoms with Crippen LogP contribution in [0.2, 0.25) is 0 Å². The van der Waals surface area contributed by atoms with Crippen LogP contribution in [-0.2, 0) is 6.54 Å². The lowest BCUT2D eigenvalue weighted by molar-refractivity contribution is 0.0952. The molecule has 5 nitrogen and oxygen atoms in total. The Morgan fingerprint density at radius 3 is 2.57 bits per heavy atom. The minimum Gasteiger partial charge on any atom is -0.497 e. The van der Waals surface area contributed by atoms with E-state index < -0.39 is 0 Å². The molecule has 28 heavy (non-hydrogen) atoms. The first-order chi connectivity index (χ1) is 13.6. The number of fused-ring (bicyclic) bond motifs is 1. The van der Waals surface area contributed by atoms with Crippen molar-refractivity contribution in [2.75, 3.05) is 7.11 Å². The van der Waals surface area contributed by atoms with Crippen LogP contribution in [0.5, 0.6) is 5.75 Å². The number of amides is 1. The van der Waals surface area contributed by atoms with E-state index in [0.29, 0.717) is 23.6 Å². The Hall–Kier alpha value is -3.60. The monoisotopic (exact) mass is 372 g/mol. The van der Waals surface area contributed by atoms with Gasteiger partial charge in [-0.2, -0.15) is 0 Å². The number of para-hydroxylation sites is 1. The molecular weight excluding hydrogens is 352 g/mol. The van der Waals surface area contributed by atoms with Crippen LogP contribution in [-0.4, -0.2) is 18.0 Å². The molecule has 0 atom stereocenters. The first-order valence-corrected chi connectivity index (χ1v) is 9.02. The van der Waals surface area contributed by atoms with E-state index in [1.807, 2.05) is 67.6 Å². The van der Waals surface area contributed by atoms with Crippen molar-refractivity contribution in [2.24, 2.45) is 0 Å². The topological polar surface area (TPSA) is 64.4 Å². The Balaban J connectivity index is 1.64. The Bertz CT molecular complexity index is 1130. The molecule has 0 unspecified atom stereocenters. The zero-order valence-electron chi connectivity index (χ0n) is 15.7. The van der Waals surface area contributed by atoms with Gasteiger partial charge in [-0.25, -0.2) is 4.98 Å². The highest BCUT2D eigenvalue weighted by Crippen LogP contribution is 2.26. The van der Waals surface area contributed by atoms with Gasteiger partial charge in [0.15, 0.2) is 5.76 Å². The lowest BCUT2D eigenvalue weighted by atomic mass is 10.1. The molecule has 0 bridgehead atoms. The maximum Gasteiger partial charge on any atom is 0.252 e. The number of ether oxygens (including phenoxy) is 1. The van der Waals surface area contributed by atoms with E-state index in [0.717, 1.165) is 28.0 Å². The van der Waals surface area contributed by atoms with Crippen molar-refractivity contribution in [3.63, 3.8) is 0 Å². The predicted octanol–water partition coefficient (Wildman–Crippen LogP) is 4.74. The first kappa shape index (κ1) is 17.8. The molecular formula is C23H20N2O3. The normalized spacial score (nSPS) is 10.8. The van der Waals surface area contributed by atoms with Crippen LogP contribution in [0.1, 0.15) is 21.7 Å². The van der Waals surface area contributed by atoms with Crippen LogP contribution in [0.25, 0.3) is 22.4 Å². The second-order valence-electron chi connectivity index (χ2n) is 6.51. The SMILES string of the molecule is COc1ccc(CNC(=O)c2cc(-c3ccc(C)o3)nc3ccccc23)cc1. The van der Waals surface area contributed by atoms with Crippen molar-refractivity contribution < 1.29 is 13.9 Å². The molecule has 5 heteroatoms. The minimum absolute atomic E-state index is 0.154. The highest BCUT2D eigenvalue weighted by atomic mass is 16.5. The second kappa shape index (κ2) is 7.56. The van der Waals surface area contributed by atoms with Crippen LogP contribution in [0, 0.1) is 6.92 Å². The summed E-state index contributed by atoms with van der Waals surface area (Å²) in [6.45, 7) is 2.31. The van der Waals surface area contributed by atoms with E-state index in [-0.39, 0.29) is 5.91 Å². The number of methoxy groups -OCH3 is 1. The molecule has 1 N–H and O–H groups in total. The number of aryl methyl sites for hydroxylation is 1. The third kappa shape index (κ3) is 3.60. The summed E-state index contributed by atoms with van der Waals surface area (Å²) < 4.78 is 10.9. The van der Waals surface area contributed by atoms with Crippen LogP contribution in [0.3, 0.4) is 0 Å². The van der Waals surface area contributed by atoms with Crippen LogP contribution in [0.4, 0.5) is 0 Å². The number of carbonyl (C=O) groups excluding carboxylic acids is 1. The van der Waals surface area contributed by atoms with Crippen molar-refractivity contribution >= 4 is 16.8 Å². The summed E-state index contributed by atoms with van der Waals surface area (Å²) in [7, 11) is 1.63. The predicted molar refractivity (Wildman–Crippen MR) is 108 cm³/mol. The van der Waals surface area contributed by atoms with Crippen LogP contribution in [0.15, 0.2) is 71.1 Å². The quantitative estimate of drug-likeness (QED) is 0.549. The molecule has 2 heterocycles. The number of pyridine rings is 1. The zero-order valence-corrected chi connectivity index (χ0v) is 15.7. The maximum atomic E-state index is 12.9. The number of nitrogens with zero attached hydrogens (tertiary/aromatic N) is 1. The fourth-order valence-corrected chi connectivity index (χ4v) is 3.08. The second-order valence-corrected chi connectivity index (χ2v) is 6.51. The smallest absolute Gasteiger partial charge is 0.252 e. The van der Waals surface area contributed by atoms with Crippen LogP contribution >= 0.6 is 0 Å². The fraction of sp³-hybridized carbons (Fsp3) is 0.130. The van der Waals surface area contributed by atoms with E-state index in [1.165, 1.54) is 0 Å². The van der Waals surface area contributed by atoms with E-state index in [9.17, 15) is 4.79 Å². The molecule has 0 aliphatic rings. The number of nitrogens with one attached hydrogen (secondary N) is 1. The number of aromatic nitrogens is 1. The summed E-state index contributed by atoms with van der Waals surface area (Å²) in [5.74, 6) is 2.08. The van der Waals surface area contributed by atoms with Gasteiger partial charge in [0.2, 0.25) is 0 Å². The van der Waals surface area contributed by atoms with Gasteiger partial charge >= 0.3 is 0 Å². The van der Waals surface area contributed by atoms with Crippen LogP contribution < -0.4 is 10.1 Å². The average molecular weight is 372 g/mol. The fourth-order valence-electron chi connectivity index (χ4n) is 3.08. The van der Waals surface area contributed by atoms with Gasteiger partial charge in [0.1, 0.15) is 17.2 Å². The molecule has 0 saturated heterocycles. The Morgan fingerprint density at radius 2 is 1.86 bits per heavy atom. The molecule has 0 fully saturated rings. The average Bonchev–Trinajstić information content (AvgIpc) is 3.18. The number of hydrogen-bond acceptors (Lipinski definition) is 4. The molecule has 4 aromatic rings. The van der Waals surface area contributed by atoms with E-state index in [1.54, 1.807) is 13.2 Å². The van der Waals surface area contributed by atoms with Gasteiger partial charge in [-0.3, -0.25) is 4.79 Å². The molecule has 2 aromatic heterocycles. The largest absolute Gasteiger partial charge is 0.497 e. The molecule has 4 rings (SSSR count). The summed E-state index contributed by atoms with van der Waals surface area (Å²) in [6.07, 6.45) is 0. The van der Waals surface area contributed by atoms with Gasteiger partial charge < -0.3 is 14.5 Å². The van der Waals surface area contributed by atoms with Crippen molar-refractivity contribution in [3.05, 3.63) is 83.6 Å². The molecule has 0 spiro atoms. The van der Waals surface area contributed by atoms with E-state index in [2.05, 4.69) is 10.3 Å². The third-order valence-corrected chi connectivity index (χ3v) is 4.57. The highest BCUT2D eigenvalue weighted by molar-refractivity contribution is 6.07. The standard InChI is InChI=1S/C23H20N2O3/c1-15-7-12-22(28-15)21-13-19(18-5-3-4-6-20(18)25-21)23(26)24-14-16-8-10-17(27-2)11-9-16/h3-13H,14H2,1-2H3,(H,24,26). The van der Waals surface area contributed by atoms with Crippen molar-refractivity contribution in [3.8, 4) is 17.2 Å². The Morgan fingerprint density at radius 1 is 1.07 bits per heavy atom. The number of hydrogen-bond donors (Lipinski definition) is 1. The van der Waals surface area contributed by atoms with Gasteiger partial charge in [-0.05, 0) is 48.9 Å². The maximum absolute atomic E-state index is 12.9. The van der Waals surface area contributed by atoms with Gasteiger partial charge in [-0.1, -0.05) is 30.3 Å². The number of furan rings is 1. The van der Waals surface area contributed by atoms with E-state index >= 15 is 0 Å². The highest BCUT2D eigenvalue weighted by Gasteiger charge is 2.15. The lowest BCUT2D eigenvalue weighted by Gasteiger charge is -2.10. The molecule has 0 aliphatic carbocycles. The summed E-state index contributed by atoms with van der Waals surface area (Å²) in [5.41, 5.74) is 2.96.